The van der Waals surface area contributed by atoms with Gasteiger partial charge in [-0.3, -0.25) is 14.5 Å². The molecule has 0 bridgehead atoms. The molecule has 1 saturated heterocycles. The number of aryl methyl sites for hydroxylation is 1. The highest BCUT2D eigenvalue weighted by atomic mass is 35.5. The highest BCUT2D eigenvalue weighted by molar-refractivity contribution is 7.09. The summed E-state index contributed by atoms with van der Waals surface area (Å²) in [5.41, 5.74) is 1.79. The predicted octanol–water partition coefficient (Wildman–Crippen LogP) is 5.71. The van der Waals surface area contributed by atoms with Gasteiger partial charge in [0.25, 0.3) is 0 Å². The molecule has 1 aromatic carbocycles. The van der Waals surface area contributed by atoms with Crippen LogP contribution in [0, 0.1) is 13.8 Å². The van der Waals surface area contributed by atoms with Crippen molar-refractivity contribution in [2.24, 2.45) is 0 Å². The number of amides is 3. The molecule has 2 fully saturated rings. The summed E-state index contributed by atoms with van der Waals surface area (Å²) >= 11 is 8.02. The quantitative estimate of drug-likeness (QED) is 0.293. The first kappa shape index (κ1) is 31.0. The number of halogens is 1. The van der Waals surface area contributed by atoms with Crippen LogP contribution in [0.3, 0.4) is 0 Å². The normalized spacial score (nSPS) is 19.2. The van der Waals surface area contributed by atoms with Gasteiger partial charge in [0.1, 0.15) is 6.04 Å². The Morgan fingerprint density at radius 2 is 1.91 bits per heavy atom. The van der Waals surface area contributed by atoms with E-state index in [0.717, 1.165) is 54.5 Å². The lowest BCUT2D eigenvalue weighted by Crippen LogP contribution is -2.64. The monoisotopic (exact) mass is 662 g/mol. The van der Waals surface area contributed by atoms with Crippen LogP contribution >= 0.6 is 22.9 Å². The van der Waals surface area contributed by atoms with Gasteiger partial charge in [-0.15, -0.1) is 11.3 Å². The van der Waals surface area contributed by atoms with E-state index in [2.05, 4.69) is 5.32 Å². The van der Waals surface area contributed by atoms with Crippen LogP contribution in [-0.2, 0) is 16.1 Å². The zero-order chi connectivity index (χ0) is 34.6. The molecule has 0 unspecified atom stereocenters. The second-order valence-electron chi connectivity index (χ2n) is 12.2. The molecule has 2 aliphatic rings. The van der Waals surface area contributed by atoms with Gasteiger partial charge in [0.05, 0.1) is 24.2 Å². The van der Waals surface area contributed by atoms with Crippen molar-refractivity contribution in [3.05, 3.63) is 50.7 Å². The van der Waals surface area contributed by atoms with Crippen LogP contribution in [0.5, 0.6) is 5.75 Å². The molecule has 2 heterocycles. The summed E-state index contributed by atoms with van der Waals surface area (Å²) in [5, 5.41) is 5.28. The van der Waals surface area contributed by atoms with Crippen LogP contribution in [-0.4, -0.2) is 103 Å². The molecule has 1 aromatic heterocycles. The molecule has 1 aliphatic heterocycles. The maximum Gasteiger partial charge on any atom is 0.415 e. The van der Waals surface area contributed by atoms with E-state index in [9.17, 15) is 14.4 Å². The number of carbonyl (C=O) groups is 3. The molecular weight excluding hydrogens is 610 g/mol. The average Bonchev–Trinajstić information content (AvgIpc) is 3.64. The van der Waals surface area contributed by atoms with Crippen molar-refractivity contribution < 1.29 is 23.2 Å². The molecule has 0 spiro atoms. The van der Waals surface area contributed by atoms with Crippen molar-refractivity contribution in [3.8, 4) is 5.75 Å². The Labute approximate surface area is 282 Å². The number of nitrogens with zero attached hydrogens (tertiary/aromatic N) is 4. The van der Waals surface area contributed by atoms with Gasteiger partial charge in [-0.05, 0) is 95.8 Å². The first-order valence-electron chi connectivity index (χ1n) is 18.0. The molecule has 3 amide bonds. The Hall–Kier alpha value is -2.66. The summed E-state index contributed by atoms with van der Waals surface area (Å²) in [6.45, 7) is 4.98. The summed E-state index contributed by atoms with van der Waals surface area (Å²) in [5.74, 6) is -0.309. The van der Waals surface area contributed by atoms with E-state index >= 15 is 0 Å². The number of hydrogen-bond acceptors (Lipinski definition) is 7. The second kappa shape index (κ2) is 16.8. The van der Waals surface area contributed by atoms with Gasteiger partial charge in [0, 0.05) is 28.1 Å². The fourth-order valence-electron chi connectivity index (χ4n) is 6.10. The van der Waals surface area contributed by atoms with Crippen molar-refractivity contribution in [1.29, 1.82) is 0 Å². The average molecular weight is 663 g/mol. The van der Waals surface area contributed by atoms with Crippen LogP contribution in [0.25, 0.3) is 0 Å². The summed E-state index contributed by atoms with van der Waals surface area (Å²) < 4.78 is 29.5. The number of carbonyl (C=O) groups excluding carboxylic acids is 3. The minimum atomic E-state index is -0.947. The lowest BCUT2D eigenvalue weighted by atomic mass is 9.92. The number of unbranched alkanes of at least 4 members (excludes halogenated alkanes) is 1. The van der Waals surface area contributed by atoms with E-state index < -0.39 is 18.2 Å². The third-order valence-corrected chi connectivity index (χ3v) is 10.3. The molecule has 2 atom stereocenters. The molecule has 11 heteroatoms. The number of benzene rings is 1. The van der Waals surface area contributed by atoms with E-state index in [-0.39, 0.29) is 64.3 Å². The van der Waals surface area contributed by atoms with Crippen LogP contribution in [0.1, 0.15) is 71.5 Å². The smallest absolute Gasteiger partial charge is 0.409 e. The van der Waals surface area contributed by atoms with E-state index in [1.165, 1.54) is 16.2 Å². The highest BCUT2D eigenvalue weighted by Crippen LogP contribution is 2.31. The van der Waals surface area contributed by atoms with Crippen molar-refractivity contribution in [2.45, 2.75) is 89.9 Å². The number of piperazine rings is 1. The van der Waals surface area contributed by atoms with Crippen molar-refractivity contribution in [1.82, 2.24) is 24.9 Å². The zero-order valence-corrected chi connectivity index (χ0v) is 28.2. The first-order valence-corrected chi connectivity index (χ1v) is 17.1. The minimum absolute atomic E-state index is 0.0229. The fourth-order valence-corrected chi connectivity index (χ4v) is 6.99. The largest absolute Gasteiger partial charge is 0.415 e. The molecule has 9 nitrogen and oxygen atoms in total. The number of hydrogen-bond donors (Lipinski definition) is 1. The van der Waals surface area contributed by atoms with Crippen LogP contribution in [0.4, 0.5) is 4.79 Å². The van der Waals surface area contributed by atoms with E-state index in [1.807, 2.05) is 42.3 Å². The van der Waals surface area contributed by atoms with Gasteiger partial charge >= 0.3 is 6.09 Å². The predicted molar refractivity (Wildman–Crippen MR) is 181 cm³/mol. The maximum atomic E-state index is 14.6. The third kappa shape index (κ3) is 9.44. The Morgan fingerprint density at radius 1 is 1.11 bits per heavy atom. The molecular formula is C34H50ClN5O4S. The second-order valence-corrected chi connectivity index (χ2v) is 13.6. The Kier molecular flexibility index (Phi) is 11.5. The summed E-state index contributed by atoms with van der Waals surface area (Å²) in [6, 6.07) is 5.92. The van der Waals surface area contributed by atoms with Gasteiger partial charge in [-0.25, -0.2) is 4.79 Å². The Morgan fingerprint density at radius 3 is 2.62 bits per heavy atom. The number of rotatable bonds is 12. The Bertz CT molecular complexity index is 1350. The van der Waals surface area contributed by atoms with Gasteiger partial charge in [-0.2, -0.15) is 0 Å². The molecule has 1 saturated carbocycles. The SMILES string of the molecule is [2H]CN(C[2H])CCCC[C@@H](C(=O)N1CCN(C(=O)Oc2ccc(C)c(C)c2Cl)C[C@H]1C(=O)NCc1cccs1)N(C[2H])C1CCCCC1. The maximum absolute atomic E-state index is 14.6. The molecule has 45 heavy (non-hydrogen) atoms. The summed E-state index contributed by atoms with van der Waals surface area (Å²) in [6.07, 6.45) is 6.41. The third-order valence-electron chi connectivity index (χ3n) is 8.99. The first-order chi connectivity index (χ1) is 23.2. The molecule has 0 radical (unpaired) electrons. The Balaban J connectivity index is 1.56. The molecule has 4 rings (SSSR count). The van der Waals surface area contributed by atoms with Crippen LogP contribution in [0.2, 0.25) is 5.02 Å². The number of ether oxygens (including phenoxy) is 1. The molecule has 248 valence electrons. The number of thiophene rings is 1. The zero-order valence-electron chi connectivity index (χ0n) is 29.6. The van der Waals surface area contributed by atoms with Crippen LogP contribution in [0.15, 0.2) is 29.6 Å². The van der Waals surface area contributed by atoms with Crippen molar-refractivity contribution in [3.63, 3.8) is 0 Å². The molecule has 2 aromatic rings. The molecule has 1 aliphatic carbocycles. The van der Waals surface area contributed by atoms with Crippen LogP contribution < -0.4 is 10.1 Å². The molecule has 1 N–H and O–H groups in total. The van der Waals surface area contributed by atoms with E-state index in [1.54, 1.807) is 15.9 Å². The summed E-state index contributed by atoms with van der Waals surface area (Å²) in [7, 11) is 0.0832. The van der Waals surface area contributed by atoms with Gasteiger partial charge in [0.15, 0.2) is 5.75 Å². The topological polar surface area (TPSA) is 85.4 Å². The van der Waals surface area contributed by atoms with Gasteiger partial charge < -0.3 is 24.8 Å². The lowest BCUT2D eigenvalue weighted by Gasteiger charge is -2.44. The van der Waals surface area contributed by atoms with E-state index in [4.69, 9.17) is 20.5 Å². The standard InChI is InChI=1S/C34H50ClN5O4S/c1-24-16-17-30(31(35)25(24)2)44-34(43)39-19-20-40(29(23-39)32(41)36-22-27-14-11-21-45-27)33(42)28(15-9-10-18-37(3)4)38(5)26-12-7-6-8-13-26/h11,14,16-17,21,26,28-29H,6-10,12-13,15,18-20,22-23H2,1-5H3,(H,36,41)/t28-,29-/m0/s1/i3D,4D,5D. The van der Waals surface area contributed by atoms with Gasteiger partial charge in [-0.1, -0.05) is 49.4 Å². The lowest BCUT2D eigenvalue weighted by molar-refractivity contribution is -0.148. The summed E-state index contributed by atoms with van der Waals surface area (Å²) in [4.78, 5) is 49.6. The minimum Gasteiger partial charge on any atom is -0.409 e. The fraction of sp³-hybridized carbons (Fsp3) is 0.618. The number of likely N-dealkylation sites (N-methyl/N-ethyl adjacent to an activating group) is 1. The highest BCUT2D eigenvalue weighted by Gasteiger charge is 2.41. The van der Waals surface area contributed by atoms with Crippen molar-refractivity contribution in [2.75, 3.05) is 47.3 Å². The van der Waals surface area contributed by atoms with Gasteiger partial charge in [0.2, 0.25) is 11.8 Å². The van der Waals surface area contributed by atoms with E-state index in [0.29, 0.717) is 31.0 Å². The number of nitrogens with one attached hydrogen (secondary N) is 1. The van der Waals surface area contributed by atoms with Crippen molar-refractivity contribution >= 4 is 40.8 Å².